The van der Waals surface area contributed by atoms with Crippen molar-refractivity contribution in [3.8, 4) is 0 Å². The highest BCUT2D eigenvalue weighted by Crippen LogP contribution is 1.94. The largest absolute Gasteiger partial charge is 0.447 e. The van der Waals surface area contributed by atoms with Crippen molar-refractivity contribution in [2.45, 2.75) is 46.1 Å². The monoisotopic (exact) mass is 225 g/mol. The van der Waals surface area contributed by atoms with Crippen LogP contribution in [0.15, 0.2) is 24.3 Å². The van der Waals surface area contributed by atoms with Crippen molar-refractivity contribution in [1.29, 1.82) is 0 Å². The highest BCUT2D eigenvalue weighted by molar-refractivity contribution is 5.67. The Kier molecular flexibility index (Phi) is 9.47. The molecule has 0 radical (unpaired) electrons. The molecule has 0 aromatic carbocycles. The molecule has 0 atom stereocenters. The Hall–Kier alpha value is -1.25. The molecule has 0 aromatic rings. The van der Waals surface area contributed by atoms with Gasteiger partial charge in [0.15, 0.2) is 0 Å². The summed E-state index contributed by atoms with van der Waals surface area (Å²) in [6, 6.07) is 0. The summed E-state index contributed by atoms with van der Waals surface area (Å²) in [5, 5.41) is 2.65. The first-order valence-electron chi connectivity index (χ1n) is 5.91. The Labute approximate surface area is 98.6 Å². The molecule has 0 aliphatic carbocycles. The van der Waals surface area contributed by atoms with Crippen LogP contribution < -0.4 is 5.32 Å². The van der Waals surface area contributed by atoms with Crippen LogP contribution in [-0.4, -0.2) is 18.7 Å². The molecule has 0 aromatic heterocycles. The minimum atomic E-state index is -0.356. The van der Waals surface area contributed by atoms with Crippen molar-refractivity contribution in [1.82, 2.24) is 5.32 Å². The van der Waals surface area contributed by atoms with Gasteiger partial charge in [0, 0.05) is 6.54 Å². The molecule has 0 fully saturated rings. The summed E-state index contributed by atoms with van der Waals surface area (Å²) < 4.78 is 4.91. The molecule has 0 rings (SSSR count). The van der Waals surface area contributed by atoms with Crippen molar-refractivity contribution in [3.63, 3.8) is 0 Å². The van der Waals surface area contributed by atoms with E-state index in [0.717, 1.165) is 19.3 Å². The number of hydrogen-bond donors (Lipinski definition) is 1. The second-order valence-corrected chi connectivity index (χ2v) is 3.76. The lowest BCUT2D eigenvalue weighted by Gasteiger charge is -2.07. The number of rotatable bonds is 7. The van der Waals surface area contributed by atoms with Gasteiger partial charge in [0.05, 0.1) is 6.10 Å². The number of amides is 1. The number of nitrogens with one attached hydrogen (secondary N) is 1. The minimum Gasteiger partial charge on any atom is -0.447 e. The predicted octanol–water partition coefficient (Wildman–Crippen LogP) is 3.42. The minimum absolute atomic E-state index is 0.0665. The molecular weight excluding hydrogens is 202 g/mol. The number of carbonyl (C=O) groups is 1. The van der Waals surface area contributed by atoms with Crippen molar-refractivity contribution in [2.75, 3.05) is 6.54 Å². The number of alkyl carbamates (subject to hydrolysis) is 1. The topological polar surface area (TPSA) is 38.3 Å². The molecule has 0 saturated heterocycles. The fourth-order valence-corrected chi connectivity index (χ4v) is 1.08. The molecule has 0 spiro atoms. The van der Waals surface area contributed by atoms with Crippen LogP contribution in [0.5, 0.6) is 0 Å². The maximum absolute atomic E-state index is 11.0. The van der Waals surface area contributed by atoms with E-state index in [1.165, 1.54) is 0 Å². The van der Waals surface area contributed by atoms with Crippen molar-refractivity contribution in [2.24, 2.45) is 0 Å². The van der Waals surface area contributed by atoms with E-state index >= 15 is 0 Å². The molecule has 0 heterocycles. The molecule has 0 unspecified atom stereocenters. The van der Waals surface area contributed by atoms with Crippen LogP contribution in [0, 0.1) is 0 Å². The fourth-order valence-electron chi connectivity index (χ4n) is 1.08. The van der Waals surface area contributed by atoms with Crippen LogP contribution in [0.1, 0.15) is 40.0 Å². The van der Waals surface area contributed by atoms with Crippen LogP contribution in [0.4, 0.5) is 4.79 Å². The summed E-state index contributed by atoms with van der Waals surface area (Å²) >= 11 is 0. The third-order valence-corrected chi connectivity index (χ3v) is 1.78. The Morgan fingerprint density at radius 2 is 1.81 bits per heavy atom. The van der Waals surface area contributed by atoms with Crippen LogP contribution in [0.3, 0.4) is 0 Å². The van der Waals surface area contributed by atoms with Gasteiger partial charge in [-0.25, -0.2) is 4.79 Å². The smallest absolute Gasteiger partial charge is 0.407 e. The van der Waals surface area contributed by atoms with E-state index in [-0.39, 0.29) is 12.2 Å². The molecular formula is C13H23NO2. The maximum atomic E-state index is 11.0. The summed E-state index contributed by atoms with van der Waals surface area (Å²) in [4.78, 5) is 11.0. The molecule has 3 nitrogen and oxygen atoms in total. The second kappa shape index (κ2) is 10.3. The molecule has 1 amide bonds. The summed E-state index contributed by atoms with van der Waals surface area (Å²) in [6.07, 6.45) is 11.1. The van der Waals surface area contributed by atoms with Gasteiger partial charge in [-0.15, -0.1) is 0 Å². The Bertz CT molecular complexity index is 232. The first-order valence-corrected chi connectivity index (χ1v) is 5.91. The Morgan fingerprint density at radius 1 is 1.19 bits per heavy atom. The summed E-state index contributed by atoms with van der Waals surface area (Å²) in [5.41, 5.74) is 0. The van der Waals surface area contributed by atoms with Crippen LogP contribution >= 0.6 is 0 Å². The zero-order chi connectivity index (χ0) is 12.2. The molecule has 1 N–H and O–H groups in total. The van der Waals surface area contributed by atoms with E-state index in [1.807, 2.05) is 19.9 Å². The fraction of sp³-hybridized carbons (Fsp3) is 0.615. The number of carbonyl (C=O) groups excluding carboxylic acids is 1. The zero-order valence-electron chi connectivity index (χ0n) is 10.5. The van der Waals surface area contributed by atoms with E-state index < -0.39 is 0 Å². The van der Waals surface area contributed by atoms with Gasteiger partial charge in [-0.2, -0.15) is 0 Å². The molecule has 0 saturated carbocycles. The number of hydrogen-bond acceptors (Lipinski definition) is 2. The number of ether oxygens (including phenoxy) is 1. The van der Waals surface area contributed by atoms with Gasteiger partial charge in [-0.3, -0.25) is 0 Å². The van der Waals surface area contributed by atoms with Gasteiger partial charge in [0.2, 0.25) is 0 Å². The summed E-state index contributed by atoms with van der Waals surface area (Å²) in [6.45, 7) is 6.31. The van der Waals surface area contributed by atoms with E-state index in [1.54, 1.807) is 0 Å². The Balaban J connectivity index is 3.40. The highest BCUT2D eigenvalue weighted by atomic mass is 16.6. The quantitative estimate of drug-likeness (QED) is 0.532. The van der Waals surface area contributed by atoms with Gasteiger partial charge in [0.1, 0.15) is 0 Å². The number of allylic oxidation sites excluding steroid dienone is 3. The first kappa shape index (κ1) is 14.8. The normalized spacial score (nSPS) is 11.5. The molecule has 16 heavy (non-hydrogen) atoms. The van der Waals surface area contributed by atoms with E-state index in [0.29, 0.717) is 6.54 Å². The molecule has 92 valence electrons. The predicted molar refractivity (Wildman–Crippen MR) is 67.4 cm³/mol. The molecule has 0 aliphatic heterocycles. The van der Waals surface area contributed by atoms with Gasteiger partial charge < -0.3 is 10.1 Å². The molecule has 0 aliphatic rings. The van der Waals surface area contributed by atoms with Crippen molar-refractivity contribution in [3.05, 3.63) is 24.3 Å². The highest BCUT2D eigenvalue weighted by Gasteiger charge is 2.01. The van der Waals surface area contributed by atoms with E-state index in [2.05, 4.69) is 30.5 Å². The average Bonchev–Trinajstić information content (AvgIpc) is 2.21. The molecule has 3 heteroatoms. The second-order valence-electron chi connectivity index (χ2n) is 3.76. The zero-order valence-corrected chi connectivity index (χ0v) is 10.5. The van der Waals surface area contributed by atoms with Gasteiger partial charge >= 0.3 is 6.09 Å². The van der Waals surface area contributed by atoms with Crippen molar-refractivity contribution >= 4 is 6.09 Å². The van der Waals surface area contributed by atoms with Gasteiger partial charge in [-0.1, -0.05) is 31.2 Å². The van der Waals surface area contributed by atoms with Crippen molar-refractivity contribution < 1.29 is 9.53 Å². The third kappa shape index (κ3) is 10.8. The lowest BCUT2D eigenvalue weighted by Crippen LogP contribution is -2.26. The lowest BCUT2D eigenvalue weighted by molar-refractivity contribution is 0.116. The SMILES string of the molecule is CCC=CCCC=CCNC(=O)OC(C)C. The Morgan fingerprint density at radius 3 is 2.38 bits per heavy atom. The van der Waals surface area contributed by atoms with Gasteiger partial charge in [0.25, 0.3) is 0 Å². The van der Waals surface area contributed by atoms with E-state index in [9.17, 15) is 4.79 Å². The summed E-state index contributed by atoms with van der Waals surface area (Å²) in [5.74, 6) is 0. The first-order chi connectivity index (χ1) is 7.66. The lowest BCUT2D eigenvalue weighted by atomic mass is 10.2. The van der Waals surface area contributed by atoms with Gasteiger partial charge in [-0.05, 0) is 33.1 Å². The number of unbranched alkanes of at least 4 members (excludes halogenated alkanes) is 1. The van der Waals surface area contributed by atoms with Crippen LogP contribution in [0.25, 0.3) is 0 Å². The molecule has 0 bridgehead atoms. The van der Waals surface area contributed by atoms with E-state index in [4.69, 9.17) is 4.74 Å². The third-order valence-electron chi connectivity index (χ3n) is 1.78. The van der Waals surface area contributed by atoms with Crippen LogP contribution in [-0.2, 0) is 4.74 Å². The average molecular weight is 225 g/mol. The standard InChI is InChI=1S/C13H23NO2/c1-4-5-6-7-8-9-10-11-14-13(15)16-12(2)3/h5-6,9-10,12H,4,7-8,11H2,1-3H3,(H,14,15). The summed E-state index contributed by atoms with van der Waals surface area (Å²) in [7, 11) is 0. The van der Waals surface area contributed by atoms with Crippen LogP contribution in [0.2, 0.25) is 0 Å². The maximum Gasteiger partial charge on any atom is 0.407 e.